The maximum atomic E-state index is 13.4. The molecule has 1 aromatic heterocycles. The summed E-state index contributed by atoms with van der Waals surface area (Å²) < 4.78 is 22.9. The maximum absolute atomic E-state index is 13.4. The van der Waals surface area contributed by atoms with Crippen molar-refractivity contribution in [3.63, 3.8) is 0 Å². The summed E-state index contributed by atoms with van der Waals surface area (Å²) >= 11 is 1.50. The molecule has 9 heteroatoms. The standard InChI is InChI=1S/C25H27N3O5S/c1-2-31-19-5-6-20-23(16-19)34-25(26-20)28(10-9-27-11-13-30-14-12-27)24(29)8-4-18-3-7-21-22(15-18)33-17-32-21/h3-8,15-16H,2,9-14,17H2,1H3/b8-4+. The van der Waals surface area contributed by atoms with E-state index >= 15 is 0 Å². The topological polar surface area (TPSA) is 73.4 Å². The second-order valence-electron chi connectivity index (χ2n) is 7.95. The lowest BCUT2D eigenvalue weighted by molar-refractivity contribution is -0.114. The number of carbonyl (C=O) groups is 1. The lowest BCUT2D eigenvalue weighted by Crippen LogP contribution is -2.42. The number of benzene rings is 2. The van der Waals surface area contributed by atoms with Gasteiger partial charge in [0, 0.05) is 32.3 Å². The summed E-state index contributed by atoms with van der Waals surface area (Å²) in [6, 6.07) is 11.5. The summed E-state index contributed by atoms with van der Waals surface area (Å²) in [7, 11) is 0. The summed E-state index contributed by atoms with van der Waals surface area (Å²) in [5.74, 6) is 2.10. The molecule has 2 aliphatic heterocycles. The molecule has 3 heterocycles. The third kappa shape index (κ3) is 5.16. The van der Waals surface area contributed by atoms with Gasteiger partial charge >= 0.3 is 0 Å². The Kier molecular flexibility index (Phi) is 6.94. The number of amides is 1. The number of hydrogen-bond acceptors (Lipinski definition) is 8. The molecule has 178 valence electrons. The summed E-state index contributed by atoms with van der Waals surface area (Å²) in [4.78, 5) is 22.2. The van der Waals surface area contributed by atoms with Crippen molar-refractivity contribution in [3.05, 3.63) is 48.0 Å². The van der Waals surface area contributed by atoms with Crippen molar-refractivity contribution in [2.45, 2.75) is 6.92 Å². The normalized spacial score (nSPS) is 15.8. The summed E-state index contributed by atoms with van der Waals surface area (Å²) in [6.45, 7) is 7.26. The molecule has 0 unspecified atom stereocenters. The second-order valence-corrected chi connectivity index (χ2v) is 8.96. The first kappa shape index (κ1) is 22.6. The van der Waals surface area contributed by atoms with Gasteiger partial charge in [-0.2, -0.15) is 0 Å². The molecule has 0 spiro atoms. The van der Waals surface area contributed by atoms with Crippen LogP contribution >= 0.6 is 11.3 Å². The average Bonchev–Trinajstić information content (AvgIpc) is 3.50. The number of aromatic nitrogens is 1. The summed E-state index contributed by atoms with van der Waals surface area (Å²) in [6.07, 6.45) is 3.39. The van der Waals surface area contributed by atoms with Crippen LogP contribution < -0.4 is 19.1 Å². The lowest BCUT2D eigenvalue weighted by Gasteiger charge is -2.28. The Balaban J connectivity index is 1.37. The monoisotopic (exact) mass is 481 g/mol. The van der Waals surface area contributed by atoms with Gasteiger partial charge in [-0.15, -0.1) is 0 Å². The van der Waals surface area contributed by atoms with Crippen LogP contribution in [0.25, 0.3) is 16.3 Å². The predicted molar refractivity (Wildman–Crippen MR) is 132 cm³/mol. The Morgan fingerprint density at radius 1 is 1.18 bits per heavy atom. The van der Waals surface area contributed by atoms with Crippen molar-refractivity contribution in [2.24, 2.45) is 0 Å². The van der Waals surface area contributed by atoms with Gasteiger partial charge in [-0.25, -0.2) is 4.98 Å². The van der Waals surface area contributed by atoms with Crippen LogP contribution in [-0.2, 0) is 9.53 Å². The van der Waals surface area contributed by atoms with E-state index in [1.54, 1.807) is 17.1 Å². The predicted octanol–water partition coefficient (Wildman–Crippen LogP) is 3.80. The highest BCUT2D eigenvalue weighted by Gasteiger charge is 2.20. The highest BCUT2D eigenvalue weighted by molar-refractivity contribution is 7.22. The Morgan fingerprint density at radius 2 is 2.03 bits per heavy atom. The Morgan fingerprint density at radius 3 is 2.88 bits per heavy atom. The highest BCUT2D eigenvalue weighted by atomic mass is 32.1. The minimum atomic E-state index is -0.116. The van der Waals surface area contributed by atoms with E-state index in [9.17, 15) is 4.79 Å². The molecule has 0 aliphatic carbocycles. The Labute approximate surface area is 202 Å². The Bertz CT molecular complexity index is 1190. The zero-order valence-electron chi connectivity index (χ0n) is 19.1. The van der Waals surface area contributed by atoms with Crippen molar-refractivity contribution in [1.82, 2.24) is 9.88 Å². The largest absolute Gasteiger partial charge is 0.494 e. The zero-order chi connectivity index (χ0) is 23.3. The van der Waals surface area contributed by atoms with Crippen LogP contribution in [0.4, 0.5) is 5.13 Å². The molecule has 1 amide bonds. The zero-order valence-corrected chi connectivity index (χ0v) is 19.9. The summed E-state index contributed by atoms with van der Waals surface area (Å²) in [5.41, 5.74) is 1.73. The minimum absolute atomic E-state index is 0.116. The van der Waals surface area contributed by atoms with Crippen molar-refractivity contribution >= 4 is 38.7 Å². The highest BCUT2D eigenvalue weighted by Crippen LogP contribution is 2.34. The van der Waals surface area contributed by atoms with Crippen molar-refractivity contribution in [1.29, 1.82) is 0 Å². The molecule has 0 N–H and O–H groups in total. The first-order chi connectivity index (χ1) is 16.7. The number of nitrogens with zero attached hydrogens (tertiary/aromatic N) is 3. The molecule has 5 rings (SSSR count). The number of rotatable bonds is 8. The molecule has 34 heavy (non-hydrogen) atoms. The Hall–Kier alpha value is -3.14. The lowest BCUT2D eigenvalue weighted by atomic mass is 10.2. The number of carbonyl (C=O) groups excluding carboxylic acids is 1. The van der Waals surface area contributed by atoms with Gasteiger partial charge in [0.05, 0.1) is 30.0 Å². The number of morpholine rings is 1. The fourth-order valence-electron chi connectivity index (χ4n) is 3.91. The number of thiazole rings is 1. The van der Waals surface area contributed by atoms with E-state index in [-0.39, 0.29) is 12.7 Å². The van der Waals surface area contributed by atoms with Crippen molar-refractivity contribution in [2.75, 3.05) is 57.7 Å². The molecule has 2 aromatic carbocycles. The smallest absolute Gasteiger partial charge is 0.252 e. The fourth-order valence-corrected chi connectivity index (χ4v) is 4.93. The SMILES string of the molecule is CCOc1ccc2nc(N(CCN3CCOCC3)C(=O)/C=C/c3ccc4c(c3)OCO4)sc2c1. The van der Waals surface area contributed by atoms with E-state index in [0.717, 1.165) is 60.1 Å². The molecule has 1 fully saturated rings. The molecule has 1 saturated heterocycles. The van der Waals surface area contributed by atoms with Crippen LogP contribution in [0.3, 0.4) is 0 Å². The molecule has 0 saturated carbocycles. The van der Waals surface area contributed by atoms with E-state index in [0.29, 0.717) is 24.0 Å². The molecular weight excluding hydrogens is 454 g/mol. The van der Waals surface area contributed by atoms with Crippen LogP contribution in [0.5, 0.6) is 17.2 Å². The van der Waals surface area contributed by atoms with Gasteiger partial charge in [-0.3, -0.25) is 14.6 Å². The van der Waals surface area contributed by atoms with Gasteiger partial charge in [-0.1, -0.05) is 17.4 Å². The molecule has 3 aromatic rings. The van der Waals surface area contributed by atoms with E-state index in [4.69, 9.17) is 23.9 Å². The van der Waals surface area contributed by atoms with Crippen LogP contribution in [-0.4, -0.2) is 68.6 Å². The third-order valence-electron chi connectivity index (χ3n) is 5.72. The minimum Gasteiger partial charge on any atom is -0.494 e. The molecule has 0 bridgehead atoms. The van der Waals surface area contributed by atoms with Crippen LogP contribution in [0, 0.1) is 0 Å². The average molecular weight is 482 g/mol. The number of ether oxygens (including phenoxy) is 4. The summed E-state index contributed by atoms with van der Waals surface area (Å²) in [5, 5.41) is 0.678. The molecule has 0 atom stereocenters. The van der Waals surface area contributed by atoms with Gasteiger partial charge in [-0.05, 0) is 48.9 Å². The van der Waals surface area contributed by atoms with Gasteiger partial charge in [0.25, 0.3) is 5.91 Å². The van der Waals surface area contributed by atoms with E-state index in [1.165, 1.54) is 11.3 Å². The van der Waals surface area contributed by atoms with Crippen LogP contribution in [0.2, 0.25) is 0 Å². The van der Waals surface area contributed by atoms with Gasteiger partial charge in [0.15, 0.2) is 16.6 Å². The number of anilines is 1. The molecule has 2 aliphatic rings. The third-order valence-corrected chi connectivity index (χ3v) is 6.76. The van der Waals surface area contributed by atoms with E-state index < -0.39 is 0 Å². The fraction of sp³-hybridized carbons (Fsp3) is 0.360. The molecule has 0 radical (unpaired) electrons. The second kappa shape index (κ2) is 10.4. The van der Waals surface area contributed by atoms with Gasteiger partial charge in [0.2, 0.25) is 6.79 Å². The van der Waals surface area contributed by atoms with Gasteiger partial charge < -0.3 is 18.9 Å². The molecular formula is C25H27N3O5S. The van der Waals surface area contributed by atoms with E-state index in [1.807, 2.05) is 43.3 Å². The number of hydrogen-bond donors (Lipinski definition) is 0. The quantitative estimate of drug-likeness (QED) is 0.453. The van der Waals surface area contributed by atoms with Crippen molar-refractivity contribution in [3.8, 4) is 17.2 Å². The van der Waals surface area contributed by atoms with Crippen molar-refractivity contribution < 1.29 is 23.7 Å². The van der Waals surface area contributed by atoms with Gasteiger partial charge in [0.1, 0.15) is 5.75 Å². The first-order valence-electron chi connectivity index (χ1n) is 11.4. The first-order valence-corrected chi connectivity index (χ1v) is 12.2. The van der Waals surface area contributed by atoms with Crippen LogP contribution in [0.1, 0.15) is 12.5 Å². The van der Waals surface area contributed by atoms with E-state index in [2.05, 4.69) is 4.90 Å². The molecule has 8 nitrogen and oxygen atoms in total. The maximum Gasteiger partial charge on any atom is 0.252 e. The van der Waals surface area contributed by atoms with Crippen LogP contribution in [0.15, 0.2) is 42.5 Å². The number of fused-ring (bicyclic) bond motifs is 2.